The van der Waals surface area contributed by atoms with E-state index < -0.39 is 15.9 Å². The first-order chi connectivity index (χ1) is 13.3. The van der Waals surface area contributed by atoms with Crippen molar-refractivity contribution < 1.29 is 18.3 Å². The number of hydrogen-bond donors (Lipinski definition) is 2. The SMILES string of the molecule is CS(=O)(=O)c1ccc(OCC(O)CNC[C@H](c2cccc(Cl)c2)C2CC2)cc1. The smallest absolute Gasteiger partial charge is 0.175 e. The molecule has 0 amide bonds. The summed E-state index contributed by atoms with van der Waals surface area (Å²) in [5.74, 6) is 1.60. The van der Waals surface area contributed by atoms with Crippen LogP contribution in [0.3, 0.4) is 0 Å². The fraction of sp³-hybridized carbons (Fsp3) is 0.429. The first-order valence-corrected chi connectivity index (χ1v) is 11.7. The second-order valence-corrected chi connectivity index (χ2v) is 9.82. The molecule has 152 valence electrons. The highest BCUT2D eigenvalue weighted by Crippen LogP contribution is 2.42. The molecule has 0 aliphatic heterocycles. The Labute approximate surface area is 171 Å². The molecular formula is C21H26ClNO4S. The number of rotatable bonds is 10. The third-order valence-corrected chi connectivity index (χ3v) is 6.27. The van der Waals surface area contributed by atoms with E-state index >= 15 is 0 Å². The van der Waals surface area contributed by atoms with Crippen molar-refractivity contribution in [3.8, 4) is 5.75 Å². The Hall–Kier alpha value is -1.60. The van der Waals surface area contributed by atoms with Crippen LogP contribution in [0.1, 0.15) is 24.3 Å². The quantitative estimate of drug-likeness (QED) is 0.613. The average molecular weight is 424 g/mol. The van der Waals surface area contributed by atoms with Crippen molar-refractivity contribution >= 4 is 21.4 Å². The van der Waals surface area contributed by atoms with Gasteiger partial charge in [0.15, 0.2) is 9.84 Å². The number of nitrogens with one attached hydrogen (secondary N) is 1. The van der Waals surface area contributed by atoms with Gasteiger partial charge in [-0.25, -0.2) is 8.42 Å². The fourth-order valence-electron chi connectivity index (χ4n) is 3.23. The standard InChI is InChI=1S/C21H26ClNO4S/c1-28(25,26)20-9-7-19(8-10-20)27-14-18(24)12-23-13-21(15-5-6-15)16-3-2-4-17(22)11-16/h2-4,7-11,15,18,21,23-24H,5-6,12-14H2,1H3/t18?,21-/m0/s1. The Morgan fingerprint density at radius 2 is 1.89 bits per heavy atom. The van der Waals surface area contributed by atoms with Crippen LogP contribution in [-0.4, -0.2) is 45.6 Å². The van der Waals surface area contributed by atoms with Crippen molar-refractivity contribution in [2.75, 3.05) is 26.0 Å². The van der Waals surface area contributed by atoms with Crippen molar-refractivity contribution in [3.63, 3.8) is 0 Å². The molecule has 0 bridgehead atoms. The first-order valence-electron chi connectivity index (χ1n) is 9.40. The Kier molecular flexibility index (Phi) is 6.99. The molecule has 0 spiro atoms. The number of halogens is 1. The molecule has 0 radical (unpaired) electrons. The van der Waals surface area contributed by atoms with Crippen molar-refractivity contribution in [1.29, 1.82) is 0 Å². The van der Waals surface area contributed by atoms with Crippen LogP contribution < -0.4 is 10.1 Å². The van der Waals surface area contributed by atoms with Crippen LogP contribution in [0.4, 0.5) is 0 Å². The molecular weight excluding hydrogens is 398 g/mol. The van der Waals surface area contributed by atoms with E-state index in [1.807, 2.05) is 18.2 Å². The van der Waals surface area contributed by atoms with Crippen LogP contribution in [0.15, 0.2) is 53.4 Å². The molecule has 0 saturated heterocycles. The molecule has 1 aliphatic rings. The number of aliphatic hydroxyl groups is 1. The maximum Gasteiger partial charge on any atom is 0.175 e. The third kappa shape index (κ3) is 6.21. The van der Waals surface area contributed by atoms with Crippen LogP contribution >= 0.6 is 11.6 Å². The van der Waals surface area contributed by atoms with Gasteiger partial charge in [-0.05, 0) is 66.6 Å². The number of sulfone groups is 1. The average Bonchev–Trinajstić information content (AvgIpc) is 3.48. The van der Waals surface area contributed by atoms with Gasteiger partial charge in [-0.15, -0.1) is 0 Å². The van der Waals surface area contributed by atoms with Gasteiger partial charge < -0.3 is 15.2 Å². The summed E-state index contributed by atoms with van der Waals surface area (Å²) < 4.78 is 28.5. The number of aliphatic hydroxyl groups excluding tert-OH is 1. The summed E-state index contributed by atoms with van der Waals surface area (Å²) in [5.41, 5.74) is 1.24. The van der Waals surface area contributed by atoms with E-state index in [1.54, 1.807) is 12.1 Å². The molecule has 1 saturated carbocycles. The van der Waals surface area contributed by atoms with Gasteiger partial charge in [0.05, 0.1) is 4.90 Å². The van der Waals surface area contributed by atoms with E-state index in [-0.39, 0.29) is 11.5 Å². The molecule has 2 atom stereocenters. The summed E-state index contributed by atoms with van der Waals surface area (Å²) >= 11 is 6.12. The molecule has 1 fully saturated rings. The summed E-state index contributed by atoms with van der Waals surface area (Å²) in [6.07, 6.45) is 2.97. The van der Waals surface area contributed by atoms with Crippen molar-refractivity contribution in [2.45, 2.75) is 29.8 Å². The van der Waals surface area contributed by atoms with Gasteiger partial charge in [-0.3, -0.25) is 0 Å². The number of benzene rings is 2. The van der Waals surface area contributed by atoms with E-state index in [2.05, 4.69) is 11.4 Å². The highest BCUT2D eigenvalue weighted by Gasteiger charge is 2.32. The highest BCUT2D eigenvalue weighted by atomic mass is 35.5. The molecule has 7 heteroatoms. The molecule has 1 unspecified atom stereocenters. The number of ether oxygens (including phenoxy) is 1. The minimum Gasteiger partial charge on any atom is -0.491 e. The zero-order valence-corrected chi connectivity index (χ0v) is 17.4. The maximum atomic E-state index is 11.5. The molecule has 2 N–H and O–H groups in total. The Morgan fingerprint density at radius 1 is 1.18 bits per heavy atom. The van der Waals surface area contributed by atoms with Crippen LogP contribution in [0, 0.1) is 5.92 Å². The van der Waals surface area contributed by atoms with Gasteiger partial charge in [0.2, 0.25) is 0 Å². The van der Waals surface area contributed by atoms with E-state index in [0.29, 0.717) is 24.1 Å². The second kappa shape index (κ2) is 9.27. The van der Waals surface area contributed by atoms with Gasteiger partial charge in [-0.1, -0.05) is 23.7 Å². The van der Waals surface area contributed by atoms with Crippen molar-refractivity contribution in [2.24, 2.45) is 5.92 Å². The highest BCUT2D eigenvalue weighted by molar-refractivity contribution is 7.90. The molecule has 2 aromatic carbocycles. The summed E-state index contributed by atoms with van der Waals surface area (Å²) in [6, 6.07) is 14.2. The van der Waals surface area contributed by atoms with Crippen LogP contribution in [0.2, 0.25) is 5.02 Å². The van der Waals surface area contributed by atoms with Gasteiger partial charge >= 0.3 is 0 Å². The van der Waals surface area contributed by atoms with Crippen molar-refractivity contribution in [3.05, 3.63) is 59.1 Å². The zero-order chi connectivity index (χ0) is 20.1. The van der Waals surface area contributed by atoms with Crippen LogP contribution in [0.25, 0.3) is 0 Å². The molecule has 3 rings (SSSR count). The van der Waals surface area contributed by atoms with Crippen molar-refractivity contribution in [1.82, 2.24) is 5.32 Å². The lowest BCUT2D eigenvalue weighted by Crippen LogP contribution is -2.34. The summed E-state index contributed by atoms with van der Waals surface area (Å²) in [7, 11) is -3.22. The third-order valence-electron chi connectivity index (χ3n) is 4.91. The van der Waals surface area contributed by atoms with E-state index in [0.717, 1.165) is 17.8 Å². The predicted molar refractivity (Wildman–Crippen MR) is 111 cm³/mol. The Bertz CT molecular complexity index is 882. The molecule has 28 heavy (non-hydrogen) atoms. The minimum absolute atomic E-state index is 0.135. The predicted octanol–water partition coefficient (Wildman–Crippen LogP) is 3.27. The van der Waals surface area contributed by atoms with Gasteiger partial charge in [0, 0.05) is 24.4 Å². The topological polar surface area (TPSA) is 75.6 Å². The van der Waals surface area contributed by atoms with E-state index in [4.69, 9.17) is 16.3 Å². The zero-order valence-electron chi connectivity index (χ0n) is 15.8. The summed E-state index contributed by atoms with van der Waals surface area (Å²) in [4.78, 5) is 0.245. The summed E-state index contributed by atoms with van der Waals surface area (Å²) in [5, 5.41) is 14.3. The molecule has 1 aliphatic carbocycles. The second-order valence-electron chi connectivity index (χ2n) is 7.37. The van der Waals surface area contributed by atoms with Gasteiger partial charge in [-0.2, -0.15) is 0 Å². The van der Waals surface area contributed by atoms with E-state index in [1.165, 1.54) is 30.5 Å². The fourth-order valence-corrected chi connectivity index (χ4v) is 4.06. The summed E-state index contributed by atoms with van der Waals surface area (Å²) in [6.45, 7) is 1.34. The lowest BCUT2D eigenvalue weighted by molar-refractivity contribution is 0.106. The van der Waals surface area contributed by atoms with Crippen LogP contribution in [0.5, 0.6) is 5.75 Å². The van der Waals surface area contributed by atoms with Gasteiger partial charge in [0.1, 0.15) is 18.5 Å². The lowest BCUT2D eigenvalue weighted by atomic mass is 9.94. The molecule has 2 aromatic rings. The largest absolute Gasteiger partial charge is 0.491 e. The maximum absolute atomic E-state index is 11.5. The Balaban J connectivity index is 1.44. The Morgan fingerprint density at radius 3 is 2.50 bits per heavy atom. The molecule has 5 nitrogen and oxygen atoms in total. The van der Waals surface area contributed by atoms with Crippen LogP contribution in [-0.2, 0) is 9.84 Å². The normalized spacial score (nSPS) is 16.5. The first kappa shape index (κ1) is 21.1. The minimum atomic E-state index is -3.22. The lowest BCUT2D eigenvalue weighted by Gasteiger charge is -2.19. The molecule has 0 heterocycles. The van der Waals surface area contributed by atoms with E-state index in [9.17, 15) is 13.5 Å². The number of hydrogen-bond acceptors (Lipinski definition) is 5. The van der Waals surface area contributed by atoms with Gasteiger partial charge in [0.25, 0.3) is 0 Å². The monoisotopic (exact) mass is 423 g/mol. The molecule has 0 aromatic heterocycles.